The number of carbonyl (C=O) groups excluding carboxylic acids is 1. The lowest BCUT2D eigenvalue weighted by Crippen LogP contribution is -2.31. The van der Waals surface area contributed by atoms with Gasteiger partial charge in [-0.1, -0.05) is 12.1 Å². The minimum absolute atomic E-state index is 0.116. The Morgan fingerprint density at radius 1 is 1.22 bits per heavy atom. The van der Waals surface area contributed by atoms with Crippen LogP contribution >= 0.6 is 11.8 Å². The molecular formula is C18H21N3OS. The van der Waals surface area contributed by atoms with E-state index in [0.717, 1.165) is 5.69 Å². The largest absolute Gasteiger partial charge is 0.322 e. The highest BCUT2D eigenvalue weighted by atomic mass is 32.2. The Labute approximate surface area is 141 Å². The first-order chi connectivity index (χ1) is 11.2. The van der Waals surface area contributed by atoms with E-state index in [1.165, 1.54) is 23.5 Å². The van der Waals surface area contributed by atoms with Crippen molar-refractivity contribution >= 4 is 23.4 Å². The maximum Gasteiger partial charge on any atom is 0.255 e. The molecule has 1 amide bonds. The van der Waals surface area contributed by atoms with Crippen molar-refractivity contribution in [1.82, 2.24) is 10.3 Å². The molecule has 1 fully saturated rings. The van der Waals surface area contributed by atoms with Crippen LogP contribution in [0.1, 0.15) is 35.3 Å². The van der Waals surface area contributed by atoms with Gasteiger partial charge in [-0.3, -0.25) is 9.78 Å². The highest BCUT2D eigenvalue weighted by Gasteiger charge is 2.18. The van der Waals surface area contributed by atoms with Gasteiger partial charge in [0.25, 0.3) is 5.91 Å². The summed E-state index contributed by atoms with van der Waals surface area (Å²) in [5.41, 5.74) is 2.65. The van der Waals surface area contributed by atoms with Gasteiger partial charge in [-0.2, -0.15) is 11.8 Å². The molecule has 1 aliphatic rings. The fourth-order valence-electron chi connectivity index (χ4n) is 2.68. The van der Waals surface area contributed by atoms with Gasteiger partial charge >= 0.3 is 0 Å². The average Bonchev–Trinajstić information content (AvgIpc) is 3.09. The molecule has 0 bridgehead atoms. The van der Waals surface area contributed by atoms with Crippen molar-refractivity contribution < 1.29 is 4.79 Å². The van der Waals surface area contributed by atoms with Crippen LogP contribution in [0.25, 0.3) is 0 Å². The predicted octanol–water partition coefficient (Wildman–Crippen LogP) is 3.49. The minimum Gasteiger partial charge on any atom is -0.322 e. The van der Waals surface area contributed by atoms with E-state index < -0.39 is 0 Å². The number of carbonyl (C=O) groups is 1. The normalized spacial score (nSPS) is 18.6. The van der Waals surface area contributed by atoms with Gasteiger partial charge in [0, 0.05) is 41.5 Å². The van der Waals surface area contributed by atoms with Gasteiger partial charge < -0.3 is 10.6 Å². The SMILES string of the molecule is C[C@H](N[C@H]1CCSC1)c1ccc(NC(=O)c2ccncc2)cc1. The van der Waals surface area contributed by atoms with Crippen molar-refractivity contribution in [3.63, 3.8) is 0 Å². The molecule has 2 atom stereocenters. The minimum atomic E-state index is -0.116. The Bertz CT molecular complexity index is 639. The van der Waals surface area contributed by atoms with Gasteiger partial charge in [-0.15, -0.1) is 0 Å². The summed E-state index contributed by atoms with van der Waals surface area (Å²) in [4.78, 5) is 16.0. The van der Waals surface area contributed by atoms with E-state index in [-0.39, 0.29) is 5.91 Å². The Balaban J connectivity index is 1.59. The number of nitrogens with zero attached hydrogens (tertiary/aromatic N) is 1. The lowest BCUT2D eigenvalue weighted by Gasteiger charge is -2.19. The van der Waals surface area contributed by atoms with Gasteiger partial charge in [0.05, 0.1) is 0 Å². The molecule has 2 heterocycles. The van der Waals surface area contributed by atoms with Gasteiger partial charge in [0.2, 0.25) is 0 Å². The Kier molecular flexibility index (Phi) is 5.31. The molecule has 0 aliphatic carbocycles. The number of anilines is 1. The standard InChI is InChI=1S/C18H21N3OS/c1-13(20-17-8-11-23-12-17)14-2-4-16(5-3-14)21-18(22)15-6-9-19-10-7-15/h2-7,9-10,13,17,20H,8,11-12H2,1H3,(H,21,22)/t13-,17-/m0/s1. The lowest BCUT2D eigenvalue weighted by molar-refractivity contribution is 0.102. The molecule has 5 heteroatoms. The first kappa shape index (κ1) is 16.0. The summed E-state index contributed by atoms with van der Waals surface area (Å²) < 4.78 is 0. The van der Waals surface area contributed by atoms with Gasteiger partial charge in [-0.25, -0.2) is 0 Å². The maximum absolute atomic E-state index is 12.1. The monoisotopic (exact) mass is 327 g/mol. The highest BCUT2D eigenvalue weighted by molar-refractivity contribution is 7.99. The van der Waals surface area contributed by atoms with Crippen molar-refractivity contribution in [2.45, 2.75) is 25.4 Å². The Morgan fingerprint density at radius 2 is 1.96 bits per heavy atom. The first-order valence-corrected chi connectivity index (χ1v) is 9.03. The number of hydrogen-bond donors (Lipinski definition) is 2. The molecule has 23 heavy (non-hydrogen) atoms. The van der Waals surface area contributed by atoms with Crippen LogP contribution in [-0.2, 0) is 0 Å². The third-order valence-corrected chi connectivity index (χ3v) is 5.19. The molecule has 0 unspecified atom stereocenters. The van der Waals surface area contributed by atoms with Crippen LogP contribution in [0.5, 0.6) is 0 Å². The van der Waals surface area contributed by atoms with Gasteiger partial charge in [-0.05, 0) is 48.9 Å². The summed E-state index contributed by atoms with van der Waals surface area (Å²) >= 11 is 2.01. The number of amides is 1. The van der Waals surface area contributed by atoms with Crippen LogP contribution in [0.2, 0.25) is 0 Å². The third-order valence-electron chi connectivity index (χ3n) is 4.03. The van der Waals surface area contributed by atoms with E-state index in [9.17, 15) is 4.79 Å². The fourth-order valence-corrected chi connectivity index (χ4v) is 3.84. The molecule has 0 radical (unpaired) electrons. The summed E-state index contributed by atoms with van der Waals surface area (Å²) in [5, 5.41) is 6.57. The molecule has 120 valence electrons. The van der Waals surface area contributed by atoms with Crippen LogP contribution in [-0.4, -0.2) is 28.4 Å². The summed E-state index contributed by atoms with van der Waals surface area (Å²) in [6.07, 6.45) is 4.48. The summed E-state index contributed by atoms with van der Waals surface area (Å²) in [6, 6.07) is 12.4. The number of pyridine rings is 1. The summed E-state index contributed by atoms with van der Waals surface area (Å²) in [5.74, 6) is 2.34. The van der Waals surface area contributed by atoms with E-state index in [1.54, 1.807) is 24.5 Å². The van der Waals surface area contributed by atoms with Crippen molar-refractivity contribution in [3.8, 4) is 0 Å². The van der Waals surface area contributed by atoms with E-state index in [0.29, 0.717) is 17.6 Å². The van der Waals surface area contributed by atoms with Crippen LogP contribution in [0, 0.1) is 0 Å². The lowest BCUT2D eigenvalue weighted by atomic mass is 10.1. The number of nitrogens with one attached hydrogen (secondary N) is 2. The fraction of sp³-hybridized carbons (Fsp3) is 0.333. The Morgan fingerprint density at radius 3 is 2.61 bits per heavy atom. The smallest absolute Gasteiger partial charge is 0.255 e. The second-order valence-electron chi connectivity index (χ2n) is 5.76. The topological polar surface area (TPSA) is 54.0 Å². The van der Waals surface area contributed by atoms with Crippen LogP contribution in [0.4, 0.5) is 5.69 Å². The van der Waals surface area contributed by atoms with Crippen LogP contribution in [0.15, 0.2) is 48.8 Å². The number of aromatic nitrogens is 1. The van der Waals surface area contributed by atoms with Crippen LogP contribution in [0.3, 0.4) is 0 Å². The zero-order chi connectivity index (χ0) is 16.1. The van der Waals surface area contributed by atoms with Gasteiger partial charge in [0.1, 0.15) is 0 Å². The summed E-state index contributed by atoms with van der Waals surface area (Å²) in [7, 11) is 0. The molecule has 1 aliphatic heterocycles. The number of benzene rings is 1. The number of hydrogen-bond acceptors (Lipinski definition) is 4. The van der Waals surface area contributed by atoms with E-state index >= 15 is 0 Å². The van der Waals surface area contributed by atoms with Crippen LogP contribution < -0.4 is 10.6 Å². The molecule has 0 spiro atoms. The molecule has 2 N–H and O–H groups in total. The van der Waals surface area contributed by atoms with E-state index in [4.69, 9.17) is 0 Å². The highest BCUT2D eigenvalue weighted by Crippen LogP contribution is 2.22. The first-order valence-electron chi connectivity index (χ1n) is 7.87. The zero-order valence-electron chi connectivity index (χ0n) is 13.2. The average molecular weight is 327 g/mol. The Hall–Kier alpha value is -1.85. The zero-order valence-corrected chi connectivity index (χ0v) is 14.0. The number of thioether (sulfide) groups is 1. The second kappa shape index (κ2) is 7.62. The molecule has 4 nitrogen and oxygen atoms in total. The van der Waals surface area contributed by atoms with E-state index in [1.807, 2.05) is 23.9 Å². The van der Waals surface area contributed by atoms with Crippen molar-refractivity contribution in [1.29, 1.82) is 0 Å². The van der Waals surface area contributed by atoms with Gasteiger partial charge in [0.15, 0.2) is 0 Å². The molecule has 1 saturated heterocycles. The van der Waals surface area contributed by atoms with Crippen molar-refractivity contribution in [3.05, 3.63) is 59.9 Å². The third kappa shape index (κ3) is 4.33. The number of rotatable bonds is 5. The molecule has 0 saturated carbocycles. The summed E-state index contributed by atoms with van der Waals surface area (Å²) in [6.45, 7) is 2.19. The molecule has 2 aromatic rings. The predicted molar refractivity (Wildman–Crippen MR) is 95.9 cm³/mol. The molecular weight excluding hydrogens is 306 g/mol. The maximum atomic E-state index is 12.1. The van der Waals surface area contributed by atoms with Crippen molar-refractivity contribution in [2.24, 2.45) is 0 Å². The van der Waals surface area contributed by atoms with E-state index in [2.05, 4.69) is 34.7 Å². The molecule has 1 aromatic carbocycles. The quantitative estimate of drug-likeness (QED) is 0.883. The molecule has 3 rings (SSSR count). The second-order valence-corrected chi connectivity index (χ2v) is 6.91. The molecule has 1 aromatic heterocycles. The van der Waals surface area contributed by atoms with Crippen molar-refractivity contribution in [2.75, 3.05) is 16.8 Å².